The van der Waals surface area contributed by atoms with Gasteiger partial charge in [-0.25, -0.2) is 22.5 Å². The number of benzene rings is 1. The third-order valence-electron chi connectivity index (χ3n) is 3.32. The van der Waals surface area contributed by atoms with Crippen LogP contribution in [0.25, 0.3) is 11.5 Å². The molecular weight excluding hydrogens is 337 g/mol. The Hall–Kier alpha value is -2.26. The predicted octanol–water partition coefficient (Wildman–Crippen LogP) is 0.997. The molecular formula is C15H18FN3O4S. The third kappa shape index (κ3) is 4.87. The number of nitrogens with one attached hydrogen (secondary N) is 2. The maximum atomic E-state index is 12.9. The molecule has 0 aliphatic heterocycles. The standard InChI is InChI=1S/C15H18FN3O4S/c1-10-13(9-14(20)18-7-8-24(21,22)17-2)19-15(23-10)11-3-5-12(16)6-4-11/h3-6,17H,7-9H2,1-2H3,(H,18,20). The van der Waals surface area contributed by atoms with Crippen molar-refractivity contribution in [1.29, 1.82) is 0 Å². The molecule has 2 rings (SSSR count). The summed E-state index contributed by atoms with van der Waals surface area (Å²) in [6.45, 7) is 1.68. The highest BCUT2D eigenvalue weighted by Crippen LogP contribution is 2.22. The van der Waals surface area contributed by atoms with Crippen molar-refractivity contribution >= 4 is 15.9 Å². The lowest BCUT2D eigenvalue weighted by atomic mass is 10.2. The first-order valence-corrected chi connectivity index (χ1v) is 8.86. The molecule has 9 heteroatoms. The average Bonchev–Trinajstić information content (AvgIpc) is 2.88. The van der Waals surface area contributed by atoms with Crippen LogP contribution in [0.1, 0.15) is 11.5 Å². The molecule has 2 N–H and O–H groups in total. The Balaban J connectivity index is 1.98. The van der Waals surface area contributed by atoms with Crippen molar-refractivity contribution in [3.8, 4) is 11.5 Å². The number of hydrogen-bond acceptors (Lipinski definition) is 5. The summed E-state index contributed by atoms with van der Waals surface area (Å²) >= 11 is 0. The van der Waals surface area contributed by atoms with E-state index in [4.69, 9.17) is 4.42 Å². The highest BCUT2D eigenvalue weighted by molar-refractivity contribution is 7.89. The van der Waals surface area contributed by atoms with Gasteiger partial charge >= 0.3 is 0 Å². The normalized spacial score (nSPS) is 11.5. The predicted molar refractivity (Wildman–Crippen MR) is 86.2 cm³/mol. The average molecular weight is 355 g/mol. The summed E-state index contributed by atoms with van der Waals surface area (Å²) in [6, 6.07) is 5.66. The van der Waals surface area contributed by atoms with Crippen LogP contribution in [0.5, 0.6) is 0 Å². The summed E-state index contributed by atoms with van der Waals surface area (Å²) in [6.07, 6.45) is -0.0316. The lowest BCUT2D eigenvalue weighted by Crippen LogP contribution is -2.33. The molecule has 0 unspecified atom stereocenters. The van der Waals surface area contributed by atoms with E-state index in [1.807, 2.05) is 0 Å². The minimum Gasteiger partial charge on any atom is -0.441 e. The molecule has 1 aromatic carbocycles. The van der Waals surface area contributed by atoms with Gasteiger partial charge in [0.1, 0.15) is 11.6 Å². The number of amides is 1. The Morgan fingerprint density at radius 1 is 1.29 bits per heavy atom. The Bertz CT molecular complexity index is 816. The zero-order valence-corrected chi connectivity index (χ0v) is 14.1. The van der Waals surface area contributed by atoms with Gasteiger partial charge in [-0.2, -0.15) is 0 Å². The molecule has 0 spiro atoms. The molecule has 1 aromatic heterocycles. The molecule has 0 saturated carbocycles. The molecule has 2 aromatic rings. The Labute approximate surface area is 139 Å². The number of oxazole rings is 1. The van der Waals surface area contributed by atoms with E-state index in [0.29, 0.717) is 22.9 Å². The van der Waals surface area contributed by atoms with Crippen LogP contribution in [0.2, 0.25) is 0 Å². The lowest BCUT2D eigenvalue weighted by Gasteiger charge is -2.04. The number of sulfonamides is 1. The first-order chi connectivity index (χ1) is 11.3. The molecule has 0 radical (unpaired) electrons. The van der Waals surface area contributed by atoms with Crippen molar-refractivity contribution in [3.05, 3.63) is 41.5 Å². The molecule has 1 amide bonds. The third-order valence-corrected chi connectivity index (χ3v) is 4.68. The van der Waals surface area contributed by atoms with Gasteiger partial charge in [0.05, 0.1) is 17.9 Å². The molecule has 7 nitrogen and oxygen atoms in total. The first kappa shape index (κ1) is 18.1. The summed E-state index contributed by atoms with van der Waals surface area (Å²) in [4.78, 5) is 16.1. The van der Waals surface area contributed by atoms with Crippen LogP contribution in [-0.4, -0.2) is 38.7 Å². The topological polar surface area (TPSA) is 101 Å². The van der Waals surface area contributed by atoms with E-state index in [1.165, 1.54) is 31.3 Å². The van der Waals surface area contributed by atoms with Gasteiger partial charge in [-0.15, -0.1) is 0 Å². The maximum Gasteiger partial charge on any atom is 0.226 e. The number of nitrogens with zero attached hydrogens (tertiary/aromatic N) is 1. The fraction of sp³-hybridized carbons (Fsp3) is 0.333. The van der Waals surface area contributed by atoms with Gasteiger partial charge in [-0.05, 0) is 38.2 Å². The monoisotopic (exact) mass is 355 g/mol. The smallest absolute Gasteiger partial charge is 0.226 e. The van der Waals surface area contributed by atoms with Crippen LogP contribution in [-0.2, 0) is 21.2 Å². The number of carbonyl (C=O) groups is 1. The van der Waals surface area contributed by atoms with E-state index >= 15 is 0 Å². The highest BCUT2D eigenvalue weighted by Gasteiger charge is 2.15. The second-order valence-electron chi connectivity index (χ2n) is 5.08. The molecule has 130 valence electrons. The van der Waals surface area contributed by atoms with E-state index in [2.05, 4.69) is 15.0 Å². The fourth-order valence-corrected chi connectivity index (χ4v) is 2.52. The van der Waals surface area contributed by atoms with Crippen LogP contribution in [0.4, 0.5) is 4.39 Å². The van der Waals surface area contributed by atoms with Gasteiger partial charge < -0.3 is 9.73 Å². The quantitative estimate of drug-likeness (QED) is 0.771. The van der Waals surface area contributed by atoms with Crippen molar-refractivity contribution in [3.63, 3.8) is 0 Å². The first-order valence-electron chi connectivity index (χ1n) is 7.21. The number of aromatic nitrogens is 1. The van der Waals surface area contributed by atoms with Gasteiger partial charge in [-0.3, -0.25) is 4.79 Å². The van der Waals surface area contributed by atoms with Crippen LogP contribution in [0.15, 0.2) is 28.7 Å². The number of rotatable bonds is 7. The van der Waals surface area contributed by atoms with E-state index in [9.17, 15) is 17.6 Å². The van der Waals surface area contributed by atoms with Crippen LogP contribution in [0, 0.1) is 12.7 Å². The number of halogens is 1. The van der Waals surface area contributed by atoms with Gasteiger partial charge in [-0.1, -0.05) is 0 Å². The van der Waals surface area contributed by atoms with Gasteiger partial charge in [0.2, 0.25) is 21.8 Å². The summed E-state index contributed by atoms with van der Waals surface area (Å²) < 4.78 is 43.1. The number of carbonyl (C=O) groups excluding carboxylic acids is 1. The van der Waals surface area contributed by atoms with E-state index in [0.717, 1.165) is 0 Å². The summed E-state index contributed by atoms with van der Waals surface area (Å²) in [5.41, 5.74) is 1.05. The number of aryl methyl sites for hydroxylation is 1. The fourth-order valence-electron chi connectivity index (χ4n) is 1.95. The van der Waals surface area contributed by atoms with Crippen LogP contribution < -0.4 is 10.0 Å². The Kier molecular flexibility index (Phi) is 5.68. The molecule has 0 aliphatic carbocycles. The molecule has 0 fully saturated rings. The van der Waals surface area contributed by atoms with Crippen molar-refractivity contribution < 1.29 is 22.0 Å². The van der Waals surface area contributed by atoms with Crippen molar-refractivity contribution in [1.82, 2.24) is 15.0 Å². The van der Waals surface area contributed by atoms with Crippen molar-refractivity contribution in [2.75, 3.05) is 19.3 Å². The molecule has 24 heavy (non-hydrogen) atoms. The van der Waals surface area contributed by atoms with E-state index in [1.54, 1.807) is 6.92 Å². The second kappa shape index (κ2) is 7.54. The number of hydrogen-bond donors (Lipinski definition) is 2. The van der Waals surface area contributed by atoms with Gasteiger partial charge in [0.15, 0.2) is 0 Å². The lowest BCUT2D eigenvalue weighted by molar-refractivity contribution is -0.120. The van der Waals surface area contributed by atoms with Crippen molar-refractivity contribution in [2.24, 2.45) is 0 Å². The van der Waals surface area contributed by atoms with E-state index < -0.39 is 10.0 Å². The highest BCUT2D eigenvalue weighted by atomic mass is 32.2. The largest absolute Gasteiger partial charge is 0.441 e. The van der Waals surface area contributed by atoms with Crippen LogP contribution >= 0.6 is 0 Å². The molecule has 0 saturated heterocycles. The summed E-state index contributed by atoms with van der Waals surface area (Å²) in [5.74, 6) is -0.143. The summed E-state index contributed by atoms with van der Waals surface area (Å²) in [7, 11) is -2.05. The zero-order valence-electron chi connectivity index (χ0n) is 13.3. The maximum absolute atomic E-state index is 12.9. The molecule has 0 atom stereocenters. The molecule has 0 aliphatic rings. The Morgan fingerprint density at radius 2 is 1.96 bits per heavy atom. The SMILES string of the molecule is CNS(=O)(=O)CCNC(=O)Cc1nc(-c2ccc(F)cc2)oc1C. The Morgan fingerprint density at radius 3 is 2.58 bits per heavy atom. The zero-order chi connectivity index (χ0) is 17.7. The minimum absolute atomic E-state index is 0.00370. The van der Waals surface area contributed by atoms with Crippen molar-refractivity contribution in [2.45, 2.75) is 13.3 Å². The van der Waals surface area contributed by atoms with Gasteiger partial charge in [0, 0.05) is 12.1 Å². The molecule has 0 bridgehead atoms. The van der Waals surface area contributed by atoms with E-state index in [-0.39, 0.29) is 30.4 Å². The van der Waals surface area contributed by atoms with Gasteiger partial charge in [0.25, 0.3) is 0 Å². The van der Waals surface area contributed by atoms with Crippen LogP contribution in [0.3, 0.4) is 0 Å². The molecule has 1 heterocycles. The second-order valence-corrected chi connectivity index (χ2v) is 7.12. The summed E-state index contributed by atoms with van der Waals surface area (Å²) in [5, 5.41) is 2.52. The minimum atomic E-state index is -3.36.